The zero-order valence-electron chi connectivity index (χ0n) is 11.2. The van der Waals surface area contributed by atoms with Crippen LogP contribution in [-0.4, -0.2) is 23.9 Å². The minimum atomic E-state index is 0.225. The van der Waals surface area contributed by atoms with Gasteiger partial charge in [0.2, 0.25) is 0 Å². The number of hydrogen-bond donors (Lipinski definition) is 1. The average molecular weight is 254 g/mol. The second-order valence-corrected chi connectivity index (χ2v) is 5.87. The number of hydrogen-bond acceptors (Lipinski definition) is 2. The molecule has 19 heavy (non-hydrogen) atoms. The van der Waals surface area contributed by atoms with E-state index in [1.54, 1.807) is 6.92 Å². The van der Waals surface area contributed by atoms with Gasteiger partial charge < -0.3 is 9.88 Å². The van der Waals surface area contributed by atoms with Crippen molar-refractivity contribution in [1.29, 1.82) is 0 Å². The molecule has 3 heteroatoms. The molecule has 0 amide bonds. The predicted octanol–water partition coefficient (Wildman–Crippen LogP) is 3.00. The van der Waals surface area contributed by atoms with Gasteiger partial charge in [-0.2, -0.15) is 0 Å². The summed E-state index contributed by atoms with van der Waals surface area (Å²) in [4.78, 5) is 17.5. The van der Waals surface area contributed by atoms with Crippen molar-refractivity contribution >= 4 is 22.5 Å². The Morgan fingerprint density at radius 3 is 2.89 bits per heavy atom. The number of ketones is 1. The third kappa shape index (κ3) is 1.54. The van der Waals surface area contributed by atoms with Gasteiger partial charge in [0.05, 0.1) is 5.52 Å². The van der Waals surface area contributed by atoms with Crippen LogP contribution >= 0.6 is 0 Å². The molecule has 5 rings (SSSR count). The van der Waals surface area contributed by atoms with E-state index in [0.717, 1.165) is 5.56 Å². The lowest BCUT2D eigenvalue weighted by Gasteiger charge is -2.40. The standard InChI is InChI=1S/C16H18N2O/c1-10(19)9-12-3-2-4-13-14-11-5-7-18(8-6-11)16(14)17-15(12)13/h2-4,11,17H,5-9H2,1H3. The molecule has 98 valence electrons. The molecule has 0 atom stereocenters. The molecule has 1 saturated heterocycles. The maximum Gasteiger partial charge on any atom is 0.134 e. The molecule has 1 aromatic heterocycles. The number of Topliss-reactive ketones (excluding diaryl/α,β-unsaturated/α-hetero) is 1. The number of benzene rings is 1. The zero-order chi connectivity index (χ0) is 13.0. The normalized spacial score (nSPS) is 18.1. The molecule has 0 aliphatic carbocycles. The van der Waals surface area contributed by atoms with Crippen LogP contribution < -0.4 is 4.90 Å². The number of piperidine rings is 1. The molecule has 1 fully saturated rings. The van der Waals surface area contributed by atoms with Gasteiger partial charge in [0.15, 0.2) is 0 Å². The summed E-state index contributed by atoms with van der Waals surface area (Å²) in [5, 5.41) is 1.34. The maximum atomic E-state index is 11.4. The number of carbonyl (C=O) groups is 1. The lowest BCUT2D eigenvalue weighted by molar-refractivity contribution is -0.116. The molecule has 0 radical (unpaired) electrons. The second-order valence-electron chi connectivity index (χ2n) is 5.87. The van der Waals surface area contributed by atoms with Crippen LogP contribution in [0.2, 0.25) is 0 Å². The molecule has 4 heterocycles. The molecule has 0 unspecified atom stereocenters. The summed E-state index contributed by atoms with van der Waals surface area (Å²) >= 11 is 0. The van der Waals surface area contributed by atoms with E-state index >= 15 is 0 Å². The van der Waals surface area contributed by atoms with Crippen LogP contribution in [0.15, 0.2) is 18.2 Å². The molecule has 1 N–H and O–H groups in total. The quantitative estimate of drug-likeness (QED) is 0.894. The molecular formula is C16H18N2O. The van der Waals surface area contributed by atoms with Crippen molar-refractivity contribution in [3.8, 4) is 0 Å². The summed E-state index contributed by atoms with van der Waals surface area (Å²) in [6.45, 7) is 4.01. The first kappa shape index (κ1) is 11.1. The van der Waals surface area contributed by atoms with Gasteiger partial charge in [-0.15, -0.1) is 0 Å². The Bertz CT molecular complexity index is 663. The number of nitrogens with one attached hydrogen (secondary N) is 1. The Hall–Kier alpha value is -1.77. The van der Waals surface area contributed by atoms with Gasteiger partial charge >= 0.3 is 0 Å². The Labute approximate surface area is 112 Å². The Morgan fingerprint density at radius 2 is 2.16 bits per heavy atom. The third-order valence-electron chi connectivity index (χ3n) is 4.60. The highest BCUT2D eigenvalue weighted by Gasteiger charge is 2.34. The van der Waals surface area contributed by atoms with Crippen LogP contribution in [0.1, 0.15) is 36.8 Å². The molecule has 2 aromatic rings. The van der Waals surface area contributed by atoms with Crippen molar-refractivity contribution in [3.63, 3.8) is 0 Å². The highest BCUT2D eigenvalue weighted by molar-refractivity contribution is 5.95. The maximum absolute atomic E-state index is 11.4. The monoisotopic (exact) mass is 254 g/mol. The summed E-state index contributed by atoms with van der Waals surface area (Å²) < 4.78 is 0. The minimum absolute atomic E-state index is 0.225. The highest BCUT2D eigenvalue weighted by atomic mass is 16.1. The van der Waals surface area contributed by atoms with Crippen LogP contribution in [0.4, 0.5) is 5.82 Å². The topological polar surface area (TPSA) is 36.1 Å². The van der Waals surface area contributed by atoms with Crippen LogP contribution in [0.3, 0.4) is 0 Å². The summed E-state index contributed by atoms with van der Waals surface area (Å²) in [6.07, 6.45) is 3.08. The number of H-pyrrole nitrogens is 1. The van der Waals surface area contributed by atoms with Gasteiger partial charge in [0.1, 0.15) is 11.6 Å². The smallest absolute Gasteiger partial charge is 0.134 e. The summed E-state index contributed by atoms with van der Waals surface area (Å²) in [5.41, 5.74) is 3.82. The number of nitrogens with zero attached hydrogens (tertiary/aromatic N) is 1. The fourth-order valence-electron chi connectivity index (χ4n) is 3.76. The number of para-hydroxylation sites is 1. The first-order valence-electron chi connectivity index (χ1n) is 7.12. The number of aromatic nitrogens is 1. The molecule has 0 saturated carbocycles. The summed E-state index contributed by atoms with van der Waals surface area (Å²) in [6, 6.07) is 6.37. The van der Waals surface area contributed by atoms with Crippen LogP contribution in [0, 0.1) is 0 Å². The van der Waals surface area contributed by atoms with Crippen LogP contribution in [0.5, 0.6) is 0 Å². The first-order chi connectivity index (χ1) is 9.24. The van der Waals surface area contributed by atoms with E-state index in [0.29, 0.717) is 12.3 Å². The van der Waals surface area contributed by atoms with Gasteiger partial charge in [-0.25, -0.2) is 0 Å². The molecular weight excluding hydrogens is 236 g/mol. The number of fused-ring (bicyclic) bond motifs is 3. The molecule has 2 bridgehead atoms. The molecule has 3 aliphatic heterocycles. The fourth-order valence-corrected chi connectivity index (χ4v) is 3.76. The van der Waals surface area contributed by atoms with Crippen molar-refractivity contribution in [3.05, 3.63) is 29.3 Å². The summed E-state index contributed by atoms with van der Waals surface area (Å²) in [7, 11) is 0. The molecule has 1 aromatic carbocycles. The van der Waals surface area contributed by atoms with Crippen molar-refractivity contribution in [2.75, 3.05) is 18.0 Å². The lowest BCUT2D eigenvalue weighted by atomic mass is 9.84. The average Bonchev–Trinajstić information content (AvgIpc) is 2.82. The Morgan fingerprint density at radius 1 is 1.37 bits per heavy atom. The predicted molar refractivity (Wildman–Crippen MR) is 76.9 cm³/mol. The van der Waals surface area contributed by atoms with Crippen LogP contribution in [0.25, 0.3) is 10.9 Å². The van der Waals surface area contributed by atoms with E-state index in [1.165, 1.54) is 48.2 Å². The first-order valence-corrected chi connectivity index (χ1v) is 7.12. The molecule has 3 nitrogen and oxygen atoms in total. The van der Waals surface area contributed by atoms with Gasteiger partial charge in [-0.05, 0) is 31.2 Å². The van der Waals surface area contributed by atoms with Crippen molar-refractivity contribution in [2.24, 2.45) is 0 Å². The minimum Gasteiger partial charge on any atom is -0.358 e. The second kappa shape index (κ2) is 3.86. The van der Waals surface area contributed by atoms with Crippen molar-refractivity contribution in [1.82, 2.24) is 4.98 Å². The van der Waals surface area contributed by atoms with Crippen LogP contribution in [-0.2, 0) is 11.2 Å². The largest absolute Gasteiger partial charge is 0.358 e. The SMILES string of the molecule is CC(=O)Cc1cccc2c3c([nH]c12)N1CCC3CC1. The van der Waals surface area contributed by atoms with E-state index in [-0.39, 0.29) is 5.78 Å². The van der Waals surface area contributed by atoms with E-state index in [4.69, 9.17) is 0 Å². The van der Waals surface area contributed by atoms with E-state index in [1.807, 2.05) is 0 Å². The third-order valence-corrected chi connectivity index (χ3v) is 4.60. The Kier molecular flexibility index (Phi) is 2.25. The van der Waals surface area contributed by atoms with Crippen molar-refractivity contribution in [2.45, 2.75) is 32.1 Å². The highest BCUT2D eigenvalue weighted by Crippen LogP contribution is 2.46. The van der Waals surface area contributed by atoms with E-state index < -0.39 is 0 Å². The van der Waals surface area contributed by atoms with Gasteiger partial charge in [0.25, 0.3) is 0 Å². The number of anilines is 1. The van der Waals surface area contributed by atoms with Gasteiger partial charge in [-0.3, -0.25) is 4.79 Å². The summed E-state index contributed by atoms with van der Waals surface area (Å²) in [5.74, 6) is 2.25. The fraction of sp³-hybridized carbons (Fsp3) is 0.438. The molecule has 3 aliphatic rings. The Balaban J connectivity index is 1.96. The number of aromatic amines is 1. The van der Waals surface area contributed by atoms with Gasteiger partial charge in [-0.1, -0.05) is 18.2 Å². The van der Waals surface area contributed by atoms with E-state index in [9.17, 15) is 4.79 Å². The number of rotatable bonds is 2. The molecule has 0 spiro atoms. The number of carbonyl (C=O) groups excluding carboxylic acids is 1. The lowest BCUT2D eigenvalue weighted by Crippen LogP contribution is -2.38. The van der Waals surface area contributed by atoms with E-state index in [2.05, 4.69) is 28.1 Å². The van der Waals surface area contributed by atoms with Gasteiger partial charge in [0, 0.05) is 30.5 Å². The van der Waals surface area contributed by atoms with Crippen molar-refractivity contribution < 1.29 is 4.79 Å². The zero-order valence-corrected chi connectivity index (χ0v) is 11.2.